The van der Waals surface area contributed by atoms with E-state index >= 15 is 0 Å². The van der Waals surface area contributed by atoms with E-state index in [-0.39, 0.29) is 12.5 Å². The molecular weight excluding hydrogens is 427 g/mol. The lowest BCUT2D eigenvalue weighted by atomic mass is 10.2. The van der Waals surface area contributed by atoms with Gasteiger partial charge >= 0.3 is 0 Å². The van der Waals surface area contributed by atoms with Gasteiger partial charge in [-0.2, -0.15) is 11.3 Å². The predicted molar refractivity (Wildman–Crippen MR) is 121 cm³/mol. The molecule has 0 aliphatic heterocycles. The summed E-state index contributed by atoms with van der Waals surface area (Å²) in [4.78, 5) is 23.8. The van der Waals surface area contributed by atoms with Gasteiger partial charge < -0.3 is 10.2 Å². The maximum absolute atomic E-state index is 12.6. The average molecular weight is 443 g/mol. The van der Waals surface area contributed by atoms with Gasteiger partial charge in [0, 0.05) is 23.4 Å². The van der Waals surface area contributed by atoms with Crippen molar-refractivity contribution >= 4 is 62.9 Å². The molecule has 0 bridgehead atoms. The number of halogens is 2. The number of amides is 1. The third-order valence-corrected chi connectivity index (χ3v) is 5.65. The maximum atomic E-state index is 12.6. The predicted octanol–water partition coefficient (Wildman–Crippen LogP) is 5.74. The molecule has 0 aliphatic carbocycles. The van der Waals surface area contributed by atoms with Gasteiger partial charge in [-0.25, -0.2) is 9.97 Å². The average Bonchev–Trinajstić information content (AvgIpc) is 3.25. The molecule has 146 valence electrons. The highest BCUT2D eigenvalue weighted by molar-refractivity contribution is 7.08. The van der Waals surface area contributed by atoms with E-state index < -0.39 is 0 Å². The Kier molecular flexibility index (Phi) is 5.67. The van der Waals surface area contributed by atoms with Crippen molar-refractivity contribution in [2.24, 2.45) is 0 Å². The van der Waals surface area contributed by atoms with E-state index in [1.807, 2.05) is 48.1 Å². The molecule has 29 heavy (non-hydrogen) atoms. The van der Waals surface area contributed by atoms with Crippen molar-refractivity contribution in [3.8, 4) is 11.4 Å². The van der Waals surface area contributed by atoms with Crippen molar-refractivity contribution < 1.29 is 4.79 Å². The normalized spacial score (nSPS) is 10.9. The number of carbonyl (C=O) groups excluding carboxylic acids is 1. The van der Waals surface area contributed by atoms with Crippen LogP contribution in [0.25, 0.3) is 22.3 Å². The highest BCUT2D eigenvalue weighted by Crippen LogP contribution is 2.30. The number of likely N-dealkylation sites (N-methyl/N-ethyl adjacent to an activating group) is 1. The summed E-state index contributed by atoms with van der Waals surface area (Å²) in [5.74, 6) is 1.06. The lowest BCUT2D eigenvalue weighted by molar-refractivity contribution is -0.114. The van der Waals surface area contributed by atoms with E-state index in [2.05, 4.69) is 10.3 Å². The van der Waals surface area contributed by atoms with Gasteiger partial charge in [-0.15, -0.1) is 0 Å². The number of nitrogens with one attached hydrogen (secondary N) is 1. The molecule has 0 fully saturated rings. The number of para-hydroxylation sites is 2. The highest BCUT2D eigenvalue weighted by atomic mass is 35.5. The van der Waals surface area contributed by atoms with Gasteiger partial charge in [0.2, 0.25) is 5.91 Å². The van der Waals surface area contributed by atoms with Crippen LogP contribution in [-0.2, 0) is 4.79 Å². The van der Waals surface area contributed by atoms with Crippen LogP contribution in [0, 0.1) is 0 Å². The van der Waals surface area contributed by atoms with Gasteiger partial charge in [0.1, 0.15) is 5.82 Å². The minimum atomic E-state index is -0.248. The molecule has 2 heterocycles. The van der Waals surface area contributed by atoms with Gasteiger partial charge in [-0.05, 0) is 35.7 Å². The second-order valence-corrected chi connectivity index (χ2v) is 8.00. The number of aromatic nitrogens is 2. The maximum Gasteiger partial charge on any atom is 0.244 e. The van der Waals surface area contributed by atoms with Crippen LogP contribution in [0.2, 0.25) is 10.0 Å². The highest BCUT2D eigenvalue weighted by Gasteiger charge is 2.17. The molecule has 0 unspecified atom stereocenters. The Bertz CT molecular complexity index is 1160. The van der Waals surface area contributed by atoms with E-state index in [0.29, 0.717) is 27.4 Å². The zero-order valence-corrected chi connectivity index (χ0v) is 17.7. The van der Waals surface area contributed by atoms with Gasteiger partial charge in [0.15, 0.2) is 5.82 Å². The standard InChI is InChI=1S/C21H16Cl2N4OS/c1-27(11-18(28)25-19-15(22)6-4-7-16(19)23)21-14-5-2-3-8-17(14)24-20(26-21)13-9-10-29-12-13/h2-10,12H,11H2,1H3,(H,25,28). The van der Waals surface area contributed by atoms with E-state index in [4.69, 9.17) is 28.2 Å². The first-order valence-corrected chi connectivity index (χ1v) is 10.5. The Morgan fingerprint density at radius 1 is 1.07 bits per heavy atom. The smallest absolute Gasteiger partial charge is 0.244 e. The first-order chi connectivity index (χ1) is 14.0. The number of nitrogens with zero attached hydrogens (tertiary/aromatic N) is 3. The van der Waals surface area contributed by atoms with Gasteiger partial charge in [-0.3, -0.25) is 4.79 Å². The summed E-state index contributed by atoms with van der Waals surface area (Å²) in [6.45, 7) is 0.0750. The Morgan fingerprint density at radius 3 is 2.55 bits per heavy atom. The molecule has 4 aromatic rings. The first-order valence-electron chi connectivity index (χ1n) is 8.77. The van der Waals surface area contributed by atoms with Crippen LogP contribution in [0.5, 0.6) is 0 Å². The summed E-state index contributed by atoms with van der Waals surface area (Å²) in [6.07, 6.45) is 0. The van der Waals surface area contributed by atoms with Crippen LogP contribution in [0.3, 0.4) is 0 Å². The van der Waals surface area contributed by atoms with E-state index in [1.54, 1.807) is 34.4 Å². The lowest BCUT2D eigenvalue weighted by Gasteiger charge is -2.20. The van der Waals surface area contributed by atoms with Crippen LogP contribution in [0.4, 0.5) is 11.5 Å². The van der Waals surface area contributed by atoms with Crippen LogP contribution >= 0.6 is 34.5 Å². The monoisotopic (exact) mass is 442 g/mol. The minimum Gasteiger partial charge on any atom is -0.350 e. The SMILES string of the molecule is CN(CC(=O)Nc1c(Cl)cccc1Cl)c1nc(-c2ccsc2)nc2ccccc12. The van der Waals surface area contributed by atoms with Crippen molar-refractivity contribution in [1.82, 2.24) is 9.97 Å². The topological polar surface area (TPSA) is 58.1 Å². The molecular formula is C21H16Cl2N4OS. The molecule has 0 saturated heterocycles. The Morgan fingerprint density at radius 2 is 1.83 bits per heavy atom. The molecule has 0 aliphatic rings. The van der Waals surface area contributed by atoms with E-state index in [1.165, 1.54) is 0 Å². The Balaban J connectivity index is 1.64. The quantitative estimate of drug-likeness (QED) is 0.427. The molecule has 1 N–H and O–H groups in total. The molecule has 4 rings (SSSR count). The molecule has 0 atom stereocenters. The van der Waals surface area contributed by atoms with Gasteiger partial charge in [0.05, 0.1) is 27.8 Å². The van der Waals surface area contributed by atoms with Gasteiger partial charge in [-0.1, -0.05) is 41.4 Å². The minimum absolute atomic E-state index is 0.0750. The fraction of sp³-hybridized carbons (Fsp3) is 0.0952. The Labute approximate surface area is 181 Å². The summed E-state index contributed by atoms with van der Waals surface area (Å²) < 4.78 is 0. The zero-order chi connectivity index (χ0) is 20.4. The number of rotatable bonds is 5. The summed E-state index contributed by atoms with van der Waals surface area (Å²) in [6, 6.07) is 14.8. The molecule has 0 radical (unpaired) electrons. The Hall–Kier alpha value is -2.67. The van der Waals surface area contributed by atoms with Gasteiger partial charge in [0.25, 0.3) is 0 Å². The van der Waals surface area contributed by atoms with Crippen molar-refractivity contribution in [2.45, 2.75) is 0 Å². The summed E-state index contributed by atoms with van der Waals surface area (Å²) >= 11 is 13.9. The van der Waals surface area contributed by atoms with Crippen LogP contribution in [-0.4, -0.2) is 29.5 Å². The molecule has 8 heteroatoms. The number of carbonyl (C=O) groups is 1. The molecule has 2 aromatic heterocycles. The summed E-state index contributed by atoms with van der Waals surface area (Å²) in [5, 5.41) is 8.42. The summed E-state index contributed by atoms with van der Waals surface area (Å²) in [5.41, 5.74) is 2.17. The second kappa shape index (κ2) is 8.37. The number of thiophene rings is 1. The third-order valence-electron chi connectivity index (χ3n) is 4.33. The number of anilines is 2. The van der Waals surface area contributed by atoms with E-state index in [0.717, 1.165) is 16.5 Å². The second-order valence-electron chi connectivity index (χ2n) is 6.40. The number of fused-ring (bicyclic) bond motifs is 1. The molecule has 5 nitrogen and oxygen atoms in total. The molecule has 0 spiro atoms. The lowest BCUT2D eigenvalue weighted by Crippen LogP contribution is -2.31. The number of benzene rings is 2. The van der Waals surface area contributed by atoms with Crippen LogP contribution in [0.1, 0.15) is 0 Å². The fourth-order valence-corrected chi connectivity index (χ4v) is 4.08. The number of hydrogen-bond acceptors (Lipinski definition) is 5. The summed E-state index contributed by atoms with van der Waals surface area (Å²) in [7, 11) is 1.82. The van der Waals surface area contributed by atoms with Crippen LogP contribution < -0.4 is 10.2 Å². The number of hydrogen-bond donors (Lipinski definition) is 1. The molecule has 1 amide bonds. The largest absolute Gasteiger partial charge is 0.350 e. The van der Waals surface area contributed by atoms with Crippen LogP contribution in [0.15, 0.2) is 59.3 Å². The van der Waals surface area contributed by atoms with Crippen molar-refractivity contribution in [2.75, 3.05) is 23.8 Å². The zero-order valence-electron chi connectivity index (χ0n) is 15.4. The molecule has 2 aromatic carbocycles. The van der Waals surface area contributed by atoms with Crippen molar-refractivity contribution in [3.63, 3.8) is 0 Å². The third kappa shape index (κ3) is 4.19. The molecule has 0 saturated carbocycles. The first kappa shape index (κ1) is 19.6. The van der Waals surface area contributed by atoms with Crippen molar-refractivity contribution in [3.05, 3.63) is 69.3 Å². The van der Waals surface area contributed by atoms with Crippen molar-refractivity contribution in [1.29, 1.82) is 0 Å². The van der Waals surface area contributed by atoms with E-state index in [9.17, 15) is 4.79 Å². The fourth-order valence-electron chi connectivity index (χ4n) is 2.96.